The van der Waals surface area contributed by atoms with Crippen LogP contribution in [0.3, 0.4) is 0 Å². The molecule has 0 bridgehead atoms. The predicted molar refractivity (Wildman–Crippen MR) is 85.3 cm³/mol. The second-order valence-electron chi connectivity index (χ2n) is 5.96. The Morgan fingerprint density at radius 2 is 1.86 bits per heavy atom. The average Bonchev–Trinajstić information content (AvgIpc) is 3.06. The minimum absolute atomic E-state index is 0.262. The first kappa shape index (κ1) is 15.5. The third kappa shape index (κ3) is 2.77. The van der Waals surface area contributed by atoms with Gasteiger partial charge >= 0.3 is 0 Å². The van der Waals surface area contributed by atoms with Crippen molar-refractivity contribution in [2.75, 3.05) is 13.2 Å². The molecule has 3 rings (SSSR count). The van der Waals surface area contributed by atoms with Crippen LogP contribution >= 0.6 is 11.6 Å². The third-order valence-corrected chi connectivity index (χ3v) is 4.88. The number of rotatable bonds is 4. The Morgan fingerprint density at radius 1 is 1.18 bits per heavy atom. The van der Waals surface area contributed by atoms with Crippen molar-refractivity contribution in [2.45, 2.75) is 44.4 Å². The van der Waals surface area contributed by atoms with Crippen molar-refractivity contribution in [3.05, 3.63) is 46.6 Å². The van der Waals surface area contributed by atoms with Gasteiger partial charge in [0.1, 0.15) is 0 Å². The maximum absolute atomic E-state index is 6.05. The van der Waals surface area contributed by atoms with E-state index in [0.29, 0.717) is 19.1 Å². The largest absolute Gasteiger partial charge is 0.424 e. The van der Waals surface area contributed by atoms with Crippen molar-refractivity contribution >= 4 is 11.6 Å². The van der Waals surface area contributed by atoms with Gasteiger partial charge in [-0.1, -0.05) is 37.6 Å². The average molecular weight is 321 g/mol. The maximum Gasteiger partial charge on any atom is 0.227 e. The predicted octanol–water partition coefficient (Wildman–Crippen LogP) is 4.33. The van der Waals surface area contributed by atoms with Gasteiger partial charge in [0, 0.05) is 24.2 Å². The number of hydrogen-bond acceptors (Lipinski definition) is 4. The smallest absolute Gasteiger partial charge is 0.227 e. The lowest BCUT2D eigenvalue weighted by atomic mass is 9.74. The molecule has 2 heterocycles. The molecule has 0 unspecified atom stereocenters. The highest BCUT2D eigenvalue weighted by atomic mass is 35.5. The van der Waals surface area contributed by atoms with Gasteiger partial charge < -0.3 is 9.15 Å². The topological polar surface area (TPSA) is 48.2 Å². The molecule has 2 aromatic rings. The SMILES string of the molecule is CC[C@@H](C)c1nnc(C2(c3ccc(Cl)cc3)CCOCC2)o1. The summed E-state index contributed by atoms with van der Waals surface area (Å²) >= 11 is 6.03. The normalized spacial score (nSPS) is 19.0. The van der Waals surface area contributed by atoms with Gasteiger partial charge in [0.05, 0.1) is 5.41 Å². The summed E-state index contributed by atoms with van der Waals surface area (Å²) < 4.78 is 11.6. The Labute approximate surface area is 135 Å². The van der Waals surface area contributed by atoms with Crippen LogP contribution in [0.25, 0.3) is 0 Å². The van der Waals surface area contributed by atoms with Gasteiger partial charge in [0.15, 0.2) is 0 Å². The summed E-state index contributed by atoms with van der Waals surface area (Å²) in [5.74, 6) is 1.70. The number of aromatic nitrogens is 2. The standard InChI is InChI=1S/C17H21ClN2O2/c1-3-12(2)15-19-20-16(22-15)17(8-10-21-11-9-17)13-4-6-14(18)7-5-13/h4-7,12H,3,8-11H2,1-2H3/t12-/m1/s1. The van der Waals surface area contributed by atoms with E-state index >= 15 is 0 Å². The van der Waals surface area contributed by atoms with E-state index in [0.717, 1.165) is 30.2 Å². The molecule has 22 heavy (non-hydrogen) atoms. The summed E-state index contributed by atoms with van der Waals surface area (Å²) in [5.41, 5.74) is 0.904. The first-order valence-corrected chi connectivity index (χ1v) is 8.21. The molecule has 5 heteroatoms. The summed E-state index contributed by atoms with van der Waals surface area (Å²) in [6.07, 6.45) is 2.67. The molecule has 1 aromatic carbocycles. The minimum atomic E-state index is -0.262. The Morgan fingerprint density at radius 3 is 2.50 bits per heavy atom. The zero-order valence-electron chi connectivity index (χ0n) is 13.0. The number of halogens is 1. The second kappa shape index (κ2) is 6.39. The van der Waals surface area contributed by atoms with Crippen molar-refractivity contribution < 1.29 is 9.15 Å². The highest BCUT2D eigenvalue weighted by Crippen LogP contribution is 2.41. The van der Waals surface area contributed by atoms with E-state index in [2.05, 4.69) is 36.2 Å². The molecule has 0 spiro atoms. The Kier molecular flexibility index (Phi) is 4.50. The van der Waals surface area contributed by atoms with Gasteiger partial charge in [0.2, 0.25) is 11.8 Å². The van der Waals surface area contributed by atoms with Crippen LogP contribution < -0.4 is 0 Å². The number of nitrogens with zero attached hydrogens (tertiary/aromatic N) is 2. The van der Waals surface area contributed by atoms with Crippen LogP contribution in [0.1, 0.15) is 56.4 Å². The molecule has 0 N–H and O–H groups in total. The second-order valence-corrected chi connectivity index (χ2v) is 6.39. The van der Waals surface area contributed by atoms with Crippen LogP contribution in [0, 0.1) is 0 Å². The fourth-order valence-electron chi connectivity index (χ4n) is 2.92. The van der Waals surface area contributed by atoms with Crippen molar-refractivity contribution in [2.24, 2.45) is 0 Å². The summed E-state index contributed by atoms with van der Waals surface area (Å²) in [7, 11) is 0. The first-order valence-electron chi connectivity index (χ1n) is 7.83. The lowest BCUT2D eigenvalue weighted by Gasteiger charge is -2.34. The van der Waals surface area contributed by atoms with Crippen molar-refractivity contribution in [3.63, 3.8) is 0 Å². The zero-order valence-corrected chi connectivity index (χ0v) is 13.8. The van der Waals surface area contributed by atoms with E-state index in [9.17, 15) is 0 Å². The highest BCUT2D eigenvalue weighted by molar-refractivity contribution is 6.30. The summed E-state index contributed by atoms with van der Waals surface area (Å²) in [4.78, 5) is 0. The van der Waals surface area contributed by atoms with E-state index in [1.165, 1.54) is 5.56 Å². The van der Waals surface area contributed by atoms with Gasteiger partial charge in [-0.15, -0.1) is 10.2 Å². The van der Waals surface area contributed by atoms with Crippen molar-refractivity contribution in [3.8, 4) is 0 Å². The molecule has 1 saturated heterocycles. The molecule has 0 amide bonds. The first-order chi connectivity index (χ1) is 10.7. The van der Waals surface area contributed by atoms with Crippen LogP contribution in [0.4, 0.5) is 0 Å². The monoisotopic (exact) mass is 320 g/mol. The van der Waals surface area contributed by atoms with Gasteiger partial charge in [-0.05, 0) is 37.0 Å². The van der Waals surface area contributed by atoms with Crippen LogP contribution in [0.5, 0.6) is 0 Å². The molecule has 1 fully saturated rings. The van der Waals surface area contributed by atoms with Crippen LogP contribution in [-0.2, 0) is 10.2 Å². The van der Waals surface area contributed by atoms with E-state index in [4.69, 9.17) is 20.8 Å². The fraction of sp³-hybridized carbons (Fsp3) is 0.529. The van der Waals surface area contributed by atoms with Gasteiger partial charge in [-0.3, -0.25) is 0 Å². The Hall–Kier alpha value is -1.39. The van der Waals surface area contributed by atoms with Crippen LogP contribution in [0.15, 0.2) is 28.7 Å². The van der Waals surface area contributed by atoms with E-state index in [-0.39, 0.29) is 11.3 Å². The van der Waals surface area contributed by atoms with E-state index in [1.54, 1.807) is 0 Å². The molecule has 1 atom stereocenters. The van der Waals surface area contributed by atoms with Gasteiger partial charge in [-0.2, -0.15) is 0 Å². The van der Waals surface area contributed by atoms with Crippen molar-refractivity contribution in [1.82, 2.24) is 10.2 Å². The Bertz CT molecular complexity index is 618. The summed E-state index contributed by atoms with van der Waals surface area (Å²) in [6, 6.07) is 7.95. The molecular weight excluding hydrogens is 300 g/mol. The number of benzene rings is 1. The zero-order chi connectivity index (χ0) is 15.6. The quantitative estimate of drug-likeness (QED) is 0.841. The van der Waals surface area contributed by atoms with Gasteiger partial charge in [0.25, 0.3) is 0 Å². The van der Waals surface area contributed by atoms with E-state index < -0.39 is 0 Å². The van der Waals surface area contributed by atoms with E-state index in [1.807, 2.05) is 12.1 Å². The molecular formula is C17H21ClN2O2. The summed E-state index contributed by atoms with van der Waals surface area (Å²) in [6.45, 7) is 5.63. The maximum atomic E-state index is 6.05. The third-order valence-electron chi connectivity index (χ3n) is 4.63. The Balaban J connectivity index is 2.02. The molecule has 118 valence electrons. The molecule has 0 aliphatic carbocycles. The fourth-order valence-corrected chi connectivity index (χ4v) is 3.04. The highest BCUT2D eigenvalue weighted by Gasteiger charge is 2.41. The number of ether oxygens (including phenoxy) is 1. The lowest BCUT2D eigenvalue weighted by Crippen LogP contribution is -2.35. The van der Waals surface area contributed by atoms with Crippen LogP contribution in [0.2, 0.25) is 5.02 Å². The van der Waals surface area contributed by atoms with Gasteiger partial charge in [-0.25, -0.2) is 0 Å². The molecule has 1 aliphatic heterocycles. The lowest BCUT2D eigenvalue weighted by molar-refractivity contribution is 0.0539. The molecule has 1 aromatic heterocycles. The molecule has 4 nitrogen and oxygen atoms in total. The summed E-state index contributed by atoms with van der Waals surface area (Å²) in [5, 5.41) is 9.37. The molecule has 1 aliphatic rings. The van der Waals surface area contributed by atoms with Crippen LogP contribution in [-0.4, -0.2) is 23.4 Å². The number of hydrogen-bond donors (Lipinski definition) is 0. The van der Waals surface area contributed by atoms with Crippen molar-refractivity contribution in [1.29, 1.82) is 0 Å². The molecule has 0 saturated carbocycles. The molecule has 0 radical (unpaired) electrons. The minimum Gasteiger partial charge on any atom is -0.424 e.